The minimum absolute atomic E-state index is 0.135. The molecule has 8 nitrogen and oxygen atoms in total. The van der Waals surface area contributed by atoms with E-state index >= 15 is 0 Å². The van der Waals surface area contributed by atoms with Crippen molar-refractivity contribution < 1.29 is 22.3 Å². The smallest absolute Gasteiger partial charge is 0.419 e. The standard InChI is InChI=1S/C26H29F4N7O/c27-20-3-2-18(14-19(20)26(28,29)30)21-15-37(12-11-35-7-1-8-35)24(34-21)17-4-9-36(10-5-17)25-22-23(32-16-33-25)31-6-13-38-22/h2-3,14-17H,1,4-13H2,(H,31,32,33). The number of hydrogen-bond donors (Lipinski definition) is 1. The fraction of sp³-hybridized carbons (Fsp3) is 0.500. The minimum atomic E-state index is -4.77. The van der Waals surface area contributed by atoms with Gasteiger partial charge in [0.25, 0.3) is 0 Å². The Labute approximate surface area is 217 Å². The van der Waals surface area contributed by atoms with E-state index in [-0.39, 0.29) is 11.5 Å². The summed E-state index contributed by atoms with van der Waals surface area (Å²) in [6.07, 6.45) is 1.38. The third-order valence-corrected chi connectivity index (χ3v) is 7.57. The Morgan fingerprint density at radius 1 is 1.05 bits per heavy atom. The maximum atomic E-state index is 13.9. The summed E-state index contributed by atoms with van der Waals surface area (Å²) in [5.41, 5.74) is -0.580. The van der Waals surface area contributed by atoms with Crippen LogP contribution >= 0.6 is 0 Å². The first kappa shape index (κ1) is 24.9. The molecular formula is C26H29F4N7O. The Morgan fingerprint density at radius 3 is 2.61 bits per heavy atom. The first-order chi connectivity index (χ1) is 18.4. The van der Waals surface area contributed by atoms with Gasteiger partial charge in [0, 0.05) is 43.9 Å². The molecule has 0 amide bonds. The van der Waals surface area contributed by atoms with Crippen molar-refractivity contribution in [3.05, 3.63) is 47.9 Å². The van der Waals surface area contributed by atoms with Crippen LogP contribution in [0.5, 0.6) is 5.75 Å². The van der Waals surface area contributed by atoms with Crippen LogP contribution in [0.25, 0.3) is 11.3 Å². The van der Waals surface area contributed by atoms with Gasteiger partial charge in [0.2, 0.25) is 5.75 Å². The predicted octanol–water partition coefficient (Wildman–Crippen LogP) is 4.39. The number of alkyl halides is 3. The molecule has 2 aromatic heterocycles. The number of ether oxygens (including phenoxy) is 1. The molecule has 12 heteroatoms. The third-order valence-electron chi connectivity index (χ3n) is 7.57. The molecule has 1 aromatic carbocycles. The normalized spacial score (nSPS) is 18.5. The molecule has 0 aliphatic carbocycles. The number of nitrogens with one attached hydrogen (secondary N) is 1. The predicted molar refractivity (Wildman–Crippen MR) is 134 cm³/mol. The van der Waals surface area contributed by atoms with Crippen molar-refractivity contribution in [3.63, 3.8) is 0 Å². The molecule has 3 aliphatic rings. The van der Waals surface area contributed by atoms with E-state index in [1.165, 1.54) is 18.8 Å². The minimum Gasteiger partial charge on any atom is -0.485 e. The number of piperidine rings is 1. The van der Waals surface area contributed by atoms with Gasteiger partial charge in [-0.05, 0) is 50.6 Å². The number of imidazole rings is 1. The van der Waals surface area contributed by atoms with Crippen molar-refractivity contribution in [1.82, 2.24) is 24.4 Å². The van der Waals surface area contributed by atoms with Gasteiger partial charge in [0.15, 0.2) is 11.6 Å². The second kappa shape index (κ2) is 10.0. The molecule has 0 radical (unpaired) electrons. The van der Waals surface area contributed by atoms with Crippen molar-refractivity contribution >= 4 is 11.6 Å². The quantitative estimate of drug-likeness (QED) is 0.473. The summed E-state index contributed by atoms with van der Waals surface area (Å²) < 4.78 is 61.9. The second-order valence-corrected chi connectivity index (χ2v) is 9.98. The number of halogens is 4. The van der Waals surface area contributed by atoms with Gasteiger partial charge in [-0.2, -0.15) is 13.2 Å². The van der Waals surface area contributed by atoms with Gasteiger partial charge in [0.1, 0.15) is 24.6 Å². The Morgan fingerprint density at radius 2 is 1.87 bits per heavy atom. The first-order valence-corrected chi connectivity index (χ1v) is 13.0. The van der Waals surface area contributed by atoms with Gasteiger partial charge in [0.05, 0.1) is 17.8 Å². The van der Waals surface area contributed by atoms with Gasteiger partial charge in [-0.15, -0.1) is 0 Å². The molecule has 6 rings (SSSR count). The lowest BCUT2D eigenvalue weighted by atomic mass is 9.95. The number of rotatable bonds is 6. The SMILES string of the molecule is Fc1ccc(-c2cn(CCN3CCC3)c(C3CCN(c4ncnc5c4OCCN5)CC3)n2)cc1C(F)(F)F. The summed E-state index contributed by atoms with van der Waals surface area (Å²) in [4.78, 5) is 18.1. The maximum Gasteiger partial charge on any atom is 0.419 e. The van der Waals surface area contributed by atoms with E-state index in [0.717, 1.165) is 69.3 Å². The van der Waals surface area contributed by atoms with Gasteiger partial charge in [-0.25, -0.2) is 19.3 Å². The van der Waals surface area contributed by atoms with E-state index < -0.39 is 17.6 Å². The number of likely N-dealkylation sites (tertiary alicyclic amines) is 1. The second-order valence-electron chi connectivity index (χ2n) is 9.98. The molecule has 1 N–H and O–H groups in total. The summed E-state index contributed by atoms with van der Waals surface area (Å²) in [7, 11) is 0. The zero-order chi connectivity index (χ0) is 26.3. The molecule has 202 valence electrons. The molecule has 5 heterocycles. The summed E-state index contributed by atoms with van der Waals surface area (Å²) in [5.74, 6) is 1.86. The van der Waals surface area contributed by atoms with Crippen molar-refractivity contribution in [2.75, 3.05) is 56.1 Å². The lowest BCUT2D eigenvalue weighted by molar-refractivity contribution is -0.139. The first-order valence-electron chi connectivity index (χ1n) is 13.0. The molecule has 0 spiro atoms. The maximum absolute atomic E-state index is 13.9. The van der Waals surface area contributed by atoms with E-state index in [9.17, 15) is 17.6 Å². The highest BCUT2D eigenvalue weighted by atomic mass is 19.4. The number of aromatic nitrogens is 4. The highest BCUT2D eigenvalue weighted by Gasteiger charge is 2.35. The molecule has 2 saturated heterocycles. The number of nitrogens with zero attached hydrogens (tertiary/aromatic N) is 6. The average Bonchev–Trinajstić information content (AvgIpc) is 3.31. The number of hydrogen-bond acceptors (Lipinski definition) is 7. The Hall–Kier alpha value is -3.41. The third kappa shape index (κ3) is 4.89. The van der Waals surface area contributed by atoms with Crippen molar-refractivity contribution in [3.8, 4) is 17.0 Å². The highest BCUT2D eigenvalue weighted by molar-refractivity contribution is 5.66. The number of anilines is 2. The van der Waals surface area contributed by atoms with E-state index in [1.54, 1.807) is 0 Å². The van der Waals surface area contributed by atoms with Crippen LogP contribution in [0.3, 0.4) is 0 Å². The topological polar surface area (TPSA) is 71.3 Å². The Balaban J connectivity index is 1.25. The zero-order valence-corrected chi connectivity index (χ0v) is 20.8. The van der Waals surface area contributed by atoms with Gasteiger partial charge in [-0.1, -0.05) is 0 Å². The Kier molecular flexibility index (Phi) is 6.58. The molecule has 3 aromatic rings. The van der Waals surface area contributed by atoms with Crippen LogP contribution in [-0.2, 0) is 12.7 Å². The van der Waals surface area contributed by atoms with Gasteiger partial charge < -0.3 is 24.4 Å². The van der Waals surface area contributed by atoms with E-state index in [2.05, 4.69) is 29.7 Å². The molecule has 38 heavy (non-hydrogen) atoms. The lowest BCUT2D eigenvalue weighted by Crippen LogP contribution is -2.39. The molecule has 2 fully saturated rings. The number of benzene rings is 1. The monoisotopic (exact) mass is 531 g/mol. The Bertz CT molecular complexity index is 1300. The van der Waals surface area contributed by atoms with Crippen molar-refractivity contribution in [1.29, 1.82) is 0 Å². The summed E-state index contributed by atoms with van der Waals surface area (Å²) in [6, 6.07) is 3.09. The fourth-order valence-corrected chi connectivity index (χ4v) is 5.35. The summed E-state index contributed by atoms with van der Waals surface area (Å²) >= 11 is 0. The molecular weight excluding hydrogens is 502 g/mol. The lowest BCUT2D eigenvalue weighted by Gasteiger charge is -2.34. The van der Waals surface area contributed by atoms with Crippen LogP contribution < -0.4 is 15.0 Å². The highest BCUT2D eigenvalue weighted by Crippen LogP contribution is 2.39. The van der Waals surface area contributed by atoms with Crippen LogP contribution in [0.2, 0.25) is 0 Å². The molecule has 0 saturated carbocycles. The van der Waals surface area contributed by atoms with E-state index in [1.807, 2.05) is 6.20 Å². The van der Waals surface area contributed by atoms with Crippen LogP contribution in [0.4, 0.5) is 29.2 Å². The van der Waals surface area contributed by atoms with Crippen molar-refractivity contribution in [2.45, 2.75) is 37.9 Å². The van der Waals surface area contributed by atoms with E-state index in [0.29, 0.717) is 37.0 Å². The van der Waals surface area contributed by atoms with Crippen LogP contribution in [0.15, 0.2) is 30.7 Å². The van der Waals surface area contributed by atoms with Crippen LogP contribution in [0, 0.1) is 5.82 Å². The summed E-state index contributed by atoms with van der Waals surface area (Å²) in [5, 5.41) is 3.24. The largest absolute Gasteiger partial charge is 0.485 e. The van der Waals surface area contributed by atoms with E-state index in [4.69, 9.17) is 9.72 Å². The summed E-state index contributed by atoms with van der Waals surface area (Å²) in [6.45, 7) is 6.41. The van der Waals surface area contributed by atoms with Crippen LogP contribution in [-0.4, -0.2) is 70.3 Å². The van der Waals surface area contributed by atoms with Crippen LogP contribution in [0.1, 0.15) is 36.6 Å². The zero-order valence-electron chi connectivity index (χ0n) is 20.8. The molecule has 0 unspecified atom stereocenters. The number of fused-ring (bicyclic) bond motifs is 1. The fourth-order valence-electron chi connectivity index (χ4n) is 5.35. The van der Waals surface area contributed by atoms with Gasteiger partial charge in [-0.3, -0.25) is 0 Å². The molecule has 0 atom stereocenters. The van der Waals surface area contributed by atoms with Crippen molar-refractivity contribution in [2.24, 2.45) is 0 Å². The molecule has 3 aliphatic heterocycles. The average molecular weight is 532 g/mol. The van der Waals surface area contributed by atoms with Gasteiger partial charge >= 0.3 is 6.18 Å². The molecule has 0 bridgehead atoms.